The Kier molecular flexibility index (Phi) is 5.37. The maximum atomic E-state index is 12.9. The van der Waals surface area contributed by atoms with Crippen LogP contribution >= 0.6 is 31.9 Å². The van der Waals surface area contributed by atoms with E-state index in [2.05, 4.69) is 36.8 Å². The summed E-state index contributed by atoms with van der Waals surface area (Å²) in [6.07, 6.45) is 0. The molecule has 108 valence electrons. The van der Waals surface area contributed by atoms with Crippen LogP contribution in [0.1, 0.15) is 17.4 Å². The zero-order chi connectivity index (χ0) is 14.7. The van der Waals surface area contributed by atoms with Gasteiger partial charge in [0.25, 0.3) is 0 Å². The van der Waals surface area contributed by atoms with Gasteiger partial charge in [-0.25, -0.2) is 4.39 Å². The fraction of sp³-hybridized carbons (Fsp3) is 0.286. The average molecular weight is 406 g/mol. The van der Waals surface area contributed by atoms with Gasteiger partial charge in [-0.05, 0) is 62.7 Å². The summed E-state index contributed by atoms with van der Waals surface area (Å²) < 4.78 is 20.1. The number of furan rings is 1. The minimum atomic E-state index is -0.231. The highest BCUT2D eigenvalue weighted by atomic mass is 79.9. The lowest BCUT2D eigenvalue weighted by Gasteiger charge is -2.25. The van der Waals surface area contributed by atoms with E-state index in [1.165, 1.54) is 12.1 Å². The van der Waals surface area contributed by atoms with Crippen molar-refractivity contribution in [3.05, 3.63) is 56.6 Å². The van der Waals surface area contributed by atoms with E-state index in [0.717, 1.165) is 15.8 Å². The Labute approximate surface area is 134 Å². The SMILES string of the molecule is CN(Cc1ccc(F)cc1)C(CN)c1cc(Br)c(Br)o1. The van der Waals surface area contributed by atoms with Crippen molar-refractivity contribution < 1.29 is 8.81 Å². The molecule has 0 bridgehead atoms. The lowest BCUT2D eigenvalue weighted by Crippen LogP contribution is -2.29. The highest BCUT2D eigenvalue weighted by Gasteiger charge is 2.20. The van der Waals surface area contributed by atoms with Crippen LogP contribution in [0, 0.1) is 5.82 Å². The first-order valence-electron chi connectivity index (χ1n) is 6.10. The predicted molar refractivity (Wildman–Crippen MR) is 83.8 cm³/mol. The maximum absolute atomic E-state index is 12.9. The van der Waals surface area contributed by atoms with Gasteiger partial charge in [-0.1, -0.05) is 12.1 Å². The van der Waals surface area contributed by atoms with E-state index < -0.39 is 0 Å². The second-order valence-electron chi connectivity index (χ2n) is 4.56. The van der Waals surface area contributed by atoms with Crippen LogP contribution in [0.3, 0.4) is 0 Å². The van der Waals surface area contributed by atoms with Gasteiger partial charge < -0.3 is 10.2 Å². The molecule has 0 fully saturated rings. The molecule has 0 radical (unpaired) electrons. The molecule has 0 aliphatic carbocycles. The van der Waals surface area contributed by atoms with Gasteiger partial charge >= 0.3 is 0 Å². The van der Waals surface area contributed by atoms with Crippen molar-refractivity contribution in [1.29, 1.82) is 0 Å². The molecule has 1 atom stereocenters. The second kappa shape index (κ2) is 6.85. The van der Waals surface area contributed by atoms with E-state index in [0.29, 0.717) is 17.8 Å². The first-order valence-corrected chi connectivity index (χ1v) is 7.69. The number of nitrogens with two attached hydrogens (primary N) is 1. The van der Waals surface area contributed by atoms with E-state index in [4.69, 9.17) is 10.2 Å². The molecule has 2 aromatic rings. The molecule has 1 heterocycles. The summed E-state index contributed by atoms with van der Waals surface area (Å²) >= 11 is 6.72. The van der Waals surface area contributed by atoms with Crippen molar-refractivity contribution >= 4 is 31.9 Å². The van der Waals surface area contributed by atoms with E-state index >= 15 is 0 Å². The molecule has 0 aliphatic heterocycles. The molecule has 1 aromatic carbocycles. The van der Waals surface area contributed by atoms with Crippen molar-refractivity contribution in [3.8, 4) is 0 Å². The Morgan fingerprint density at radius 1 is 1.30 bits per heavy atom. The molecule has 0 aliphatic rings. The zero-order valence-corrected chi connectivity index (χ0v) is 14.1. The topological polar surface area (TPSA) is 42.4 Å². The second-order valence-corrected chi connectivity index (χ2v) is 6.14. The van der Waals surface area contributed by atoms with E-state index in [1.54, 1.807) is 12.1 Å². The van der Waals surface area contributed by atoms with Crippen LogP contribution in [0.5, 0.6) is 0 Å². The molecular weight excluding hydrogens is 391 g/mol. The molecule has 2 rings (SSSR count). The lowest BCUT2D eigenvalue weighted by atomic mass is 10.1. The van der Waals surface area contributed by atoms with Gasteiger partial charge in [-0.15, -0.1) is 0 Å². The summed E-state index contributed by atoms with van der Waals surface area (Å²) in [6.45, 7) is 1.10. The molecule has 20 heavy (non-hydrogen) atoms. The summed E-state index contributed by atoms with van der Waals surface area (Å²) in [4.78, 5) is 2.07. The van der Waals surface area contributed by atoms with Gasteiger partial charge in [0.2, 0.25) is 0 Å². The van der Waals surface area contributed by atoms with Crippen LogP contribution in [0.4, 0.5) is 4.39 Å². The van der Waals surface area contributed by atoms with Crippen molar-refractivity contribution in [2.75, 3.05) is 13.6 Å². The number of hydrogen-bond donors (Lipinski definition) is 1. The Bertz CT molecular complexity index is 552. The number of hydrogen-bond acceptors (Lipinski definition) is 3. The Hall–Kier alpha value is -0.690. The van der Waals surface area contributed by atoms with Crippen LogP contribution in [0.15, 0.2) is 43.9 Å². The fourth-order valence-electron chi connectivity index (χ4n) is 2.03. The van der Waals surface area contributed by atoms with Crippen molar-refractivity contribution in [1.82, 2.24) is 4.90 Å². The average Bonchev–Trinajstić information content (AvgIpc) is 2.73. The van der Waals surface area contributed by atoms with Gasteiger partial charge in [-0.3, -0.25) is 4.90 Å². The number of nitrogens with zero attached hydrogens (tertiary/aromatic N) is 1. The number of halogens is 3. The summed E-state index contributed by atoms with van der Waals surface area (Å²) in [7, 11) is 1.96. The van der Waals surface area contributed by atoms with E-state index in [1.807, 2.05) is 13.1 Å². The first-order chi connectivity index (χ1) is 9.51. The molecule has 6 heteroatoms. The monoisotopic (exact) mass is 404 g/mol. The highest BCUT2D eigenvalue weighted by molar-refractivity contribution is 9.13. The summed E-state index contributed by atoms with van der Waals surface area (Å²) in [5.41, 5.74) is 6.88. The van der Waals surface area contributed by atoms with E-state index in [9.17, 15) is 4.39 Å². The van der Waals surface area contributed by atoms with Crippen molar-refractivity contribution in [2.24, 2.45) is 5.73 Å². The van der Waals surface area contributed by atoms with Gasteiger partial charge in [-0.2, -0.15) is 0 Å². The normalized spacial score (nSPS) is 12.9. The molecule has 3 nitrogen and oxygen atoms in total. The third kappa shape index (κ3) is 3.69. The maximum Gasteiger partial charge on any atom is 0.183 e. The molecule has 0 saturated heterocycles. The number of likely N-dealkylation sites (N-methyl/N-ethyl adjacent to an activating group) is 1. The third-order valence-electron chi connectivity index (χ3n) is 3.09. The Balaban J connectivity index is 2.12. The van der Waals surface area contributed by atoms with Gasteiger partial charge in [0.05, 0.1) is 10.5 Å². The van der Waals surface area contributed by atoms with Crippen LogP contribution in [-0.2, 0) is 6.54 Å². The van der Waals surface area contributed by atoms with Crippen LogP contribution in [-0.4, -0.2) is 18.5 Å². The van der Waals surface area contributed by atoms with Gasteiger partial charge in [0, 0.05) is 13.1 Å². The largest absolute Gasteiger partial charge is 0.451 e. The molecule has 2 N–H and O–H groups in total. The molecule has 1 unspecified atom stereocenters. The lowest BCUT2D eigenvalue weighted by molar-refractivity contribution is 0.211. The predicted octanol–water partition coefficient (Wildman–Crippen LogP) is 4.08. The Morgan fingerprint density at radius 2 is 1.95 bits per heavy atom. The van der Waals surface area contributed by atoms with Crippen molar-refractivity contribution in [2.45, 2.75) is 12.6 Å². The Morgan fingerprint density at radius 3 is 2.45 bits per heavy atom. The standard InChI is InChI=1S/C14H15Br2FN2O/c1-19(8-9-2-4-10(17)5-3-9)12(7-18)13-6-11(15)14(16)20-13/h2-6,12H,7-8,18H2,1H3. The first kappa shape index (κ1) is 15.7. The molecule has 0 spiro atoms. The van der Waals surface area contributed by atoms with Gasteiger partial charge in [0.15, 0.2) is 4.67 Å². The number of rotatable bonds is 5. The fourth-order valence-corrected chi connectivity index (χ4v) is 2.64. The molecule has 0 amide bonds. The van der Waals surface area contributed by atoms with Crippen LogP contribution < -0.4 is 5.73 Å². The zero-order valence-electron chi connectivity index (χ0n) is 10.9. The summed E-state index contributed by atoms with van der Waals surface area (Å²) in [5.74, 6) is 0.557. The molecule has 0 saturated carbocycles. The minimum absolute atomic E-state index is 0.0392. The third-order valence-corrected chi connectivity index (χ3v) is 4.80. The summed E-state index contributed by atoms with van der Waals surface area (Å²) in [5, 5.41) is 0. The smallest absolute Gasteiger partial charge is 0.183 e. The number of benzene rings is 1. The van der Waals surface area contributed by atoms with Crippen LogP contribution in [0.2, 0.25) is 0 Å². The molecular formula is C14H15Br2FN2O. The van der Waals surface area contributed by atoms with Gasteiger partial charge in [0.1, 0.15) is 11.6 Å². The van der Waals surface area contributed by atoms with E-state index in [-0.39, 0.29) is 11.9 Å². The minimum Gasteiger partial charge on any atom is -0.451 e. The van der Waals surface area contributed by atoms with Crippen LogP contribution in [0.25, 0.3) is 0 Å². The van der Waals surface area contributed by atoms with Crippen molar-refractivity contribution in [3.63, 3.8) is 0 Å². The molecule has 1 aromatic heterocycles. The quantitative estimate of drug-likeness (QED) is 0.814. The summed E-state index contributed by atoms with van der Waals surface area (Å²) in [6, 6.07) is 8.33. The highest BCUT2D eigenvalue weighted by Crippen LogP contribution is 2.32.